The van der Waals surface area contributed by atoms with Crippen LogP contribution in [0, 0.1) is 0 Å². The van der Waals surface area contributed by atoms with Crippen LogP contribution >= 0.6 is 0 Å². The molecule has 0 spiro atoms. The van der Waals surface area contributed by atoms with Gasteiger partial charge in [0.1, 0.15) is 17.2 Å². The van der Waals surface area contributed by atoms with Crippen LogP contribution < -0.4 is 10.9 Å². The van der Waals surface area contributed by atoms with Crippen LogP contribution in [0.5, 0.6) is 0 Å². The Morgan fingerprint density at radius 2 is 1.46 bits per heavy atom. The topological polar surface area (TPSA) is 137 Å². The fourth-order valence-electron chi connectivity index (χ4n) is 1.36. The minimum absolute atomic E-state index is 0.271. The van der Waals surface area contributed by atoms with E-state index < -0.39 is 41.4 Å². The average Bonchev–Trinajstić information content (AvgIpc) is 2.32. The summed E-state index contributed by atoms with van der Waals surface area (Å²) < 4.78 is 9.78. The molecule has 0 aliphatic rings. The van der Waals surface area contributed by atoms with Gasteiger partial charge < -0.3 is 14.6 Å². The Morgan fingerprint density at radius 3 is 1.83 bits per heavy atom. The standard InChI is InChI=1S/C14H27N3O7/c1-8(18)9(15-16-11(20)23-13(2,3)4)10(19)17(22)12(21)24-14(5,6)7/h8-9,15,18,22H,1-7H3,(H,16,20)/t8-,9-/m0/s1. The summed E-state index contributed by atoms with van der Waals surface area (Å²) in [5.41, 5.74) is 2.57. The van der Waals surface area contributed by atoms with Gasteiger partial charge in [-0.15, -0.1) is 5.06 Å². The second-order valence-electron chi connectivity index (χ2n) is 7.12. The van der Waals surface area contributed by atoms with Crippen molar-refractivity contribution in [1.29, 1.82) is 0 Å². The number of aliphatic hydroxyl groups is 1. The number of ether oxygens (including phenoxy) is 2. The minimum Gasteiger partial charge on any atom is -0.443 e. The summed E-state index contributed by atoms with van der Waals surface area (Å²) in [5.74, 6) is -1.21. The Morgan fingerprint density at radius 1 is 1.00 bits per heavy atom. The molecule has 0 saturated carbocycles. The van der Waals surface area contributed by atoms with Crippen molar-refractivity contribution in [2.75, 3.05) is 0 Å². The molecule has 0 aromatic rings. The van der Waals surface area contributed by atoms with Crippen molar-refractivity contribution >= 4 is 18.1 Å². The summed E-state index contributed by atoms with van der Waals surface area (Å²) in [6.45, 7) is 10.8. The molecule has 0 aromatic carbocycles. The monoisotopic (exact) mass is 349 g/mol. The number of nitrogens with zero attached hydrogens (tertiary/aromatic N) is 1. The molecule has 0 bridgehead atoms. The molecule has 0 heterocycles. The quantitative estimate of drug-likeness (QED) is 0.434. The molecular formula is C14H27N3O7. The fourth-order valence-corrected chi connectivity index (χ4v) is 1.36. The number of carbonyl (C=O) groups is 3. The fraction of sp³-hybridized carbons (Fsp3) is 0.786. The number of imide groups is 1. The van der Waals surface area contributed by atoms with E-state index in [0.717, 1.165) is 0 Å². The van der Waals surface area contributed by atoms with Gasteiger partial charge in [-0.1, -0.05) is 0 Å². The lowest BCUT2D eigenvalue weighted by Gasteiger charge is -2.27. The van der Waals surface area contributed by atoms with Gasteiger partial charge in [0.15, 0.2) is 0 Å². The first kappa shape index (κ1) is 22.1. The van der Waals surface area contributed by atoms with Crippen molar-refractivity contribution in [3.63, 3.8) is 0 Å². The summed E-state index contributed by atoms with van der Waals surface area (Å²) in [6, 6.07) is -1.50. The maximum absolute atomic E-state index is 12.1. The number of hydrogen-bond donors (Lipinski definition) is 4. The van der Waals surface area contributed by atoms with Crippen molar-refractivity contribution in [2.45, 2.75) is 71.8 Å². The predicted octanol–water partition coefficient (Wildman–Crippen LogP) is 0.918. The molecule has 0 aromatic heterocycles. The molecule has 0 rings (SSSR count). The van der Waals surface area contributed by atoms with E-state index in [0.29, 0.717) is 0 Å². The van der Waals surface area contributed by atoms with Gasteiger partial charge in [-0.25, -0.2) is 15.0 Å². The average molecular weight is 349 g/mol. The number of amides is 3. The third-order valence-electron chi connectivity index (χ3n) is 2.25. The zero-order valence-corrected chi connectivity index (χ0v) is 15.0. The van der Waals surface area contributed by atoms with Gasteiger partial charge in [0.05, 0.1) is 6.10 Å². The first-order chi connectivity index (χ1) is 10.6. The van der Waals surface area contributed by atoms with E-state index in [1.807, 2.05) is 0 Å². The first-order valence-corrected chi connectivity index (χ1v) is 7.32. The van der Waals surface area contributed by atoms with Crippen LogP contribution in [0.25, 0.3) is 0 Å². The van der Waals surface area contributed by atoms with E-state index in [1.54, 1.807) is 41.5 Å². The largest absolute Gasteiger partial charge is 0.443 e. The first-order valence-electron chi connectivity index (χ1n) is 7.32. The van der Waals surface area contributed by atoms with Crippen LogP contribution in [0.15, 0.2) is 0 Å². The van der Waals surface area contributed by atoms with Crippen LogP contribution in [0.3, 0.4) is 0 Å². The second-order valence-corrected chi connectivity index (χ2v) is 7.12. The molecule has 0 fully saturated rings. The molecule has 24 heavy (non-hydrogen) atoms. The van der Waals surface area contributed by atoms with E-state index in [1.165, 1.54) is 6.92 Å². The molecule has 140 valence electrons. The molecule has 3 amide bonds. The van der Waals surface area contributed by atoms with Gasteiger partial charge in [0, 0.05) is 0 Å². The summed E-state index contributed by atoms with van der Waals surface area (Å²) in [7, 11) is 0. The summed E-state index contributed by atoms with van der Waals surface area (Å²) in [4.78, 5) is 35.3. The van der Waals surface area contributed by atoms with Crippen molar-refractivity contribution in [2.24, 2.45) is 0 Å². The SMILES string of the molecule is C[C@H](O)[C@H](NNC(=O)OC(C)(C)C)C(=O)N(O)C(=O)OC(C)(C)C. The highest BCUT2D eigenvalue weighted by atomic mass is 16.6. The number of hydrogen-bond acceptors (Lipinski definition) is 8. The highest BCUT2D eigenvalue weighted by Gasteiger charge is 2.34. The Bertz CT molecular complexity index is 466. The maximum Gasteiger partial charge on any atom is 0.441 e. The van der Waals surface area contributed by atoms with E-state index in [2.05, 4.69) is 10.9 Å². The highest BCUT2D eigenvalue weighted by Crippen LogP contribution is 2.10. The molecule has 0 aliphatic heterocycles. The van der Waals surface area contributed by atoms with E-state index >= 15 is 0 Å². The van der Waals surface area contributed by atoms with Crippen molar-refractivity contribution < 1.29 is 34.2 Å². The van der Waals surface area contributed by atoms with Crippen LogP contribution in [0.1, 0.15) is 48.5 Å². The number of nitrogens with one attached hydrogen (secondary N) is 2. The smallest absolute Gasteiger partial charge is 0.441 e. The number of hydroxylamine groups is 2. The van der Waals surface area contributed by atoms with E-state index in [4.69, 9.17) is 9.47 Å². The Balaban J connectivity index is 4.84. The highest BCUT2D eigenvalue weighted by molar-refractivity contribution is 5.94. The molecule has 0 radical (unpaired) electrons. The molecular weight excluding hydrogens is 322 g/mol. The third kappa shape index (κ3) is 8.65. The van der Waals surface area contributed by atoms with Crippen LogP contribution in [-0.2, 0) is 14.3 Å². The molecule has 0 unspecified atom stereocenters. The van der Waals surface area contributed by atoms with E-state index in [9.17, 15) is 24.7 Å². The van der Waals surface area contributed by atoms with Crippen LogP contribution in [-0.4, -0.2) is 56.8 Å². The molecule has 2 atom stereocenters. The molecule has 0 saturated heterocycles. The number of carbonyl (C=O) groups excluding carboxylic acids is 3. The second kappa shape index (κ2) is 8.27. The summed E-state index contributed by atoms with van der Waals surface area (Å²) in [5, 5.41) is 19.0. The van der Waals surface area contributed by atoms with Crippen LogP contribution in [0.4, 0.5) is 9.59 Å². The lowest BCUT2D eigenvalue weighted by Crippen LogP contribution is -2.58. The third-order valence-corrected chi connectivity index (χ3v) is 2.25. The normalized spacial score (nSPS) is 14.4. The molecule has 0 aliphatic carbocycles. The summed E-state index contributed by atoms with van der Waals surface area (Å²) in [6.07, 6.45) is -3.55. The van der Waals surface area contributed by atoms with Gasteiger partial charge >= 0.3 is 12.2 Å². The zero-order valence-electron chi connectivity index (χ0n) is 15.0. The zero-order chi connectivity index (χ0) is 19.3. The molecule has 4 N–H and O–H groups in total. The maximum atomic E-state index is 12.1. The minimum atomic E-state index is -1.50. The Hall–Kier alpha value is -1.91. The predicted molar refractivity (Wildman–Crippen MR) is 82.8 cm³/mol. The van der Waals surface area contributed by atoms with Gasteiger partial charge in [0.2, 0.25) is 0 Å². The van der Waals surface area contributed by atoms with E-state index in [-0.39, 0.29) is 5.06 Å². The van der Waals surface area contributed by atoms with Crippen molar-refractivity contribution in [3.8, 4) is 0 Å². The van der Waals surface area contributed by atoms with Crippen molar-refractivity contribution in [3.05, 3.63) is 0 Å². The number of rotatable bonds is 4. The van der Waals surface area contributed by atoms with Gasteiger partial charge in [-0.05, 0) is 48.5 Å². The van der Waals surface area contributed by atoms with Gasteiger partial charge in [-0.3, -0.25) is 15.4 Å². The van der Waals surface area contributed by atoms with Gasteiger partial charge in [-0.2, -0.15) is 0 Å². The Kier molecular flexibility index (Phi) is 7.61. The van der Waals surface area contributed by atoms with Crippen LogP contribution in [0.2, 0.25) is 0 Å². The summed E-state index contributed by atoms with van der Waals surface area (Å²) >= 11 is 0. The number of aliphatic hydroxyl groups excluding tert-OH is 1. The Labute approximate surface area is 141 Å². The molecule has 10 nitrogen and oxygen atoms in total. The lowest BCUT2D eigenvalue weighted by molar-refractivity contribution is -0.165. The van der Waals surface area contributed by atoms with Gasteiger partial charge in [0.25, 0.3) is 5.91 Å². The molecule has 10 heteroatoms. The lowest BCUT2D eigenvalue weighted by atomic mass is 10.2. The number of hydrazine groups is 1. The van der Waals surface area contributed by atoms with Crippen molar-refractivity contribution in [1.82, 2.24) is 15.9 Å².